The Bertz CT molecular complexity index is 445. The van der Waals surface area contributed by atoms with E-state index in [0.717, 1.165) is 16.5 Å². The van der Waals surface area contributed by atoms with Gasteiger partial charge in [-0.15, -0.1) is 11.6 Å². The molecule has 2 aromatic rings. The van der Waals surface area contributed by atoms with Crippen molar-refractivity contribution in [2.75, 3.05) is 0 Å². The summed E-state index contributed by atoms with van der Waals surface area (Å²) >= 11 is 6.19. The molecular weight excluding hydrogens is 216 g/mol. The molecule has 16 heavy (non-hydrogen) atoms. The van der Waals surface area contributed by atoms with E-state index in [1.165, 1.54) is 0 Å². The molecule has 0 saturated carbocycles. The van der Waals surface area contributed by atoms with Gasteiger partial charge in [0.1, 0.15) is 5.38 Å². The van der Waals surface area contributed by atoms with Crippen molar-refractivity contribution in [1.29, 1.82) is 0 Å². The van der Waals surface area contributed by atoms with Crippen LogP contribution < -0.4 is 0 Å². The van der Waals surface area contributed by atoms with Crippen molar-refractivity contribution in [3.8, 4) is 0 Å². The fourth-order valence-corrected chi connectivity index (χ4v) is 1.62. The van der Waals surface area contributed by atoms with Gasteiger partial charge >= 0.3 is 0 Å². The van der Waals surface area contributed by atoms with Gasteiger partial charge in [0.15, 0.2) is 0 Å². The molecule has 0 aromatic heterocycles. The molecule has 0 nitrogen and oxygen atoms in total. The van der Waals surface area contributed by atoms with Gasteiger partial charge in [0.2, 0.25) is 0 Å². The first-order valence-electron chi connectivity index (χ1n) is 5.17. The normalized spacial score (nSPS) is 11.1. The van der Waals surface area contributed by atoms with E-state index in [9.17, 15) is 0 Å². The molecule has 0 N–H and O–H groups in total. The largest absolute Gasteiger partial charge is 0.115 e. The highest BCUT2D eigenvalue weighted by atomic mass is 35.5. The number of benzene rings is 2. The fourth-order valence-electron chi connectivity index (χ4n) is 1.43. The van der Waals surface area contributed by atoms with Crippen molar-refractivity contribution in [2.24, 2.45) is 0 Å². The average molecular weight is 228 g/mol. The summed E-state index contributed by atoms with van der Waals surface area (Å²) in [5.74, 6) is 0. The van der Waals surface area contributed by atoms with Crippen LogP contribution in [-0.2, 0) is 0 Å². The second kappa shape index (κ2) is 5.53. The molecule has 2 rings (SSSR count). The molecular formula is C15H12Cl. The molecule has 0 spiro atoms. The highest BCUT2D eigenvalue weighted by Gasteiger charge is 2.02. The van der Waals surface area contributed by atoms with Crippen molar-refractivity contribution in [1.82, 2.24) is 0 Å². The van der Waals surface area contributed by atoms with Gasteiger partial charge in [0.25, 0.3) is 0 Å². The summed E-state index contributed by atoms with van der Waals surface area (Å²) in [6.45, 7) is 0. The van der Waals surface area contributed by atoms with E-state index in [0.29, 0.717) is 0 Å². The van der Waals surface area contributed by atoms with Crippen LogP contribution in [0.2, 0.25) is 0 Å². The van der Waals surface area contributed by atoms with Gasteiger partial charge in [-0.3, -0.25) is 0 Å². The summed E-state index contributed by atoms with van der Waals surface area (Å²) in [6, 6.07) is 20.1. The molecule has 0 aliphatic carbocycles. The van der Waals surface area contributed by atoms with Gasteiger partial charge in [-0.25, -0.2) is 0 Å². The molecule has 0 heterocycles. The zero-order valence-electron chi connectivity index (χ0n) is 8.81. The van der Waals surface area contributed by atoms with Gasteiger partial charge in [-0.05, 0) is 11.1 Å². The maximum atomic E-state index is 6.19. The lowest BCUT2D eigenvalue weighted by atomic mass is 10.1. The van der Waals surface area contributed by atoms with E-state index in [1.54, 1.807) is 0 Å². The minimum absolute atomic E-state index is 0.754. The minimum Gasteiger partial charge on any atom is -0.107 e. The predicted octanol–water partition coefficient (Wildman–Crippen LogP) is 4.52. The number of hydrogen-bond donors (Lipinski definition) is 0. The van der Waals surface area contributed by atoms with E-state index < -0.39 is 0 Å². The van der Waals surface area contributed by atoms with E-state index in [-0.39, 0.29) is 0 Å². The van der Waals surface area contributed by atoms with Gasteiger partial charge in [-0.1, -0.05) is 72.8 Å². The summed E-state index contributed by atoms with van der Waals surface area (Å²) in [5.41, 5.74) is 2.19. The lowest BCUT2D eigenvalue weighted by Crippen LogP contribution is -1.85. The molecule has 1 heteroatoms. The van der Waals surface area contributed by atoms with Crippen molar-refractivity contribution in [2.45, 2.75) is 0 Å². The van der Waals surface area contributed by atoms with Crippen LogP contribution in [0, 0.1) is 5.38 Å². The third-order valence-electron chi connectivity index (χ3n) is 2.27. The topological polar surface area (TPSA) is 0 Å². The Morgan fingerprint density at radius 3 is 2.00 bits per heavy atom. The van der Waals surface area contributed by atoms with E-state index in [1.807, 2.05) is 72.8 Å². The summed E-state index contributed by atoms with van der Waals surface area (Å²) in [6.07, 6.45) is 3.93. The molecule has 0 amide bonds. The molecule has 0 fully saturated rings. The highest BCUT2D eigenvalue weighted by molar-refractivity contribution is 6.30. The van der Waals surface area contributed by atoms with Crippen molar-refractivity contribution in [3.05, 3.63) is 83.2 Å². The Hall–Kier alpha value is -1.53. The first kappa shape index (κ1) is 11.0. The molecule has 79 valence electrons. The molecule has 2 aromatic carbocycles. The van der Waals surface area contributed by atoms with Crippen LogP contribution in [0.4, 0.5) is 0 Å². The minimum atomic E-state index is 0.754. The van der Waals surface area contributed by atoms with Crippen LogP contribution >= 0.6 is 11.6 Å². The van der Waals surface area contributed by atoms with Gasteiger partial charge < -0.3 is 0 Å². The van der Waals surface area contributed by atoms with Crippen molar-refractivity contribution in [3.63, 3.8) is 0 Å². The van der Waals surface area contributed by atoms with Crippen LogP contribution in [0.25, 0.3) is 6.08 Å². The van der Waals surface area contributed by atoms with E-state index >= 15 is 0 Å². The summed E-state index contributed by atoms with van der Waals surface area (Å²) in [7, 11) is 0. The second-order valence-electron chi connectivity index (χ2n) is 3.46. The Morgan fingerprint density at radius 1 is 0.812 bits per heavy atom. The maximum Gasteiger partial charge on any atom is 0.115 e. The SMILES string of the molecule is Cl[C](C=Cc1ccccc1)c1ccccc1. The summed E-state index contributed by atoms with van der Waals surface area (Å²) < 4.78 is 0. The molecule has 1 radical (unpaired) electrons. The molecule has 0 saturated heterocycles. The average Bonchev–Trinajstić information content (AvgIpc) is 2.38. The molecule has 0 unspecified atom stereocenters. The van der Waals surface area contributed by atoms with E-state index in [2.05, 4.69) is 0 Å². The number of allylic oxidation sites excluding steroid dienone is 1. The van der Waals surface area contributed by atoms with Crippen LogP contribution in [0.15, 0.2) is 66.7 Å². The predicted molar refractivity (Wildman–Crippen MR) is 70.1 cm³/mol. The van der Waals surface area contributed by atoms with Crippen molar-refractivity contribution < 1.29 is 0 Å². The quantitative estimate of drug-likeness (QED) is 0.723. The van der Waals surface area contributed by atoms with Gasteiger partial charge in [-0.2, -0.15) is 0 Å². The molecule has 0 atom stereocenters. The zero-order valence-corrected chi connectivity index (χ0v) is 9.56. The van der Waals surface area contributed by atoms with E-state index in [4.69, 9.17) is 11.6 Å². The van der Waals surface area contributed by atoms with Crippen molar-refractivity contribution >= 4 is 17.7 Å². The van der Waals surface area contributed by atoms with Gasteiger partial charge in [0, 0.05) is 0 Å². The Kier molecular flexibility index (Phi) is 3.79. The summed E-state index contributed by atoms with van der Waals surface area (Å²) in [4.78, 5) is 0. The molecule has 0 aliphatic rings. The maximum absolute atomic E-state index is 6.19. The fraction of sp³-hybridized carbons (Fsp3) is 0. The summed E-state index contributed by atoms with van der Waals surface area (Å²) in [5, 5.41) is 0.754. The highest BCUT2D eigenvalue weighted by Crippen LogP contribution is 2.21. The monoisotopic (exact) mass is 227 g/mol. The van der Waals surface area contributed by atoms with Gasteiger partial charge in [0.05, 0.1) is 0 Å². The third-order valence-corrected chi connectivity index (χ3v) is 2.62. The second-order valence-corrected chi connectivity index (χ2v) is 3.87. The van der Waals surface area contributed by atoms with Crippen LogP contribution in [0.5, 0.6) is 0 Å². The van der Waals surface area contributed by atoms with Crippen LogP contribution in [-0.4, -0.2) is 0 Å². The lowest BCUT2D eigenvalue weighted by molar-refractivity contribution is 1.47. The van der Waals surface area contributed by atoms with Crippen LogP contribution in [0.3, 0.4) is 0 Å². The molecule has 0 aliphatic heterocycles. The Balaban J connectivity index is 2.08. The van der Waals surface area contributed by atoms with Crippen LogP contribution in [0.1, 0.15) is 11.1 Å². The number of halogens is 1. The Morgan fingerprint density at radius 2 is 1.38 bits per heavy atom. The number of rotatable bonds is 3. The third kappa shape index (κ3) is 2.98. The molecule has 0 bridgehead atoms. The first-order chi connectivity index (χ1) is 7.86. The smallest absolute Gasteiger partial charge is 0.107 e. The number of hydrogen-bond acceptors (Lipinski definition) is 0. The Labute approximate surface area is 101 Å². The first-order valence-corrected chi connectivity index (χ1v) is 5.55. The standard InChI is InChI=1S/C15H12Cl/c16-15(14-9-5-2-6-10-14)12-11-13-7-3-1-4-8-13/h1-12H. The zero-order chi connectivity index (χ0) is 11.2. The lowest BCUT2D eigenvalue weighted by Gasteiger charge is -2.02.